The zero-order valence-corrected chi connectivity index (χ0v) is 11.8. The molecule has 0 spiro atoms. The van der Waals surface area contributed by atoms with E-state index in [0.29, 0.717) is 4.90 Å². The Hall–Kier alpha value is -0.800. The van der Waals surface area contributed by atoms with Crippen molar-refractivity contribution in [3.05, 3.63) is 58.3 Å². The Labute approximate surface area is 113 Å². The fraction of sp³-hybridized carbons (Fsp3) is 0.143. The van der Waals surface area contributed by atoms with Gasteiger partial charge in [-0.3, -0.25) is 0 Å². The summed E-state index contributed by atoms with van der Waals surface area (Å²) >= 11 is 4.70. The van der Waals surface area contributed by atoms with Crippen LogP contribution in [0.1, 0.15) is 12.5 Å². The standard InChI is InChI=1S/C14H12BrFS/c1-2-10-3-6-12(7-4-10)17-14-8-5-11(15)9-13(14)16/h3-9H,2H2,1H3. The third-order valence-electron chi connectivity index (χ3n) is 2.45. The van der Waals surface area contributed by atoms with Crippen LogP contribution in [-0.4, -0.2) is 0 Å². The molecule has 0 aliphatic heterocycles. The lowest BCUT2D eigenvalue weighted by Gasteiger charge is -2.04. The molecule has 0 unspecified atom stereocenters. The van der Waals surface area contributed by atoms with Gasteiger partial charge in [0.2, 0.25) is 0 Å². The fourth-order valence-corrected chi connectivity index (χ4v) is 2.63. The number of benzene rings is 2. The molecule has 3 heteroatoms. The first-order valence-electron chi connectivity index (χ1n) is 5.41. The summed E-state index contributed by atoms with van der Waals surface area (Å²) in [6.07, 6.45) is 1.03. The third-order valence-corrected chi connectivity index (χ3v) is 4.01. The first kappa shape index (κ1) is 12.7. The molecule has 2 aromatic rings. The third kappa shape index (κ3) is 3.33. The van der Waals surface area contributed by atoms with Crippen molar-refractivity contribution in [2.24, 2.45) is 0 Å². The maximum Gasteiger partial charge on any atom is 0.138 e. The minimum Gasteiger partial charge on any atom is -0.206 e. The van der Waals surface area contributed by atoms with Crippen molar-refractivity contribution in [3.8, 4) is 0 Å². The van der Waals surface area contributed by atoms with E-state index in [9.17, 15) is 4.39 Å². The first-order chi connectivity index (χ1) is 8.19. The van der Waals surface area contributed by atoms with E-state index >= 15 is 0 Å². The van der Waals surface area contributed by atoms with Crippen molar-refractivity contribution >= 4 is 27.7 Å². The van der Waals surface area contributed by atoms with Gasteiger partial charge in [-0.2, -0.15) is 0 Å². The molecular formula is C14H12BrFS. The molecule has 0 saturated carbocycles. The Balaban J connectivity index is 2.19. The second-order valence-corrected chi connectivity index (χ2v) is 5.71. The van der Waals surface area contributed by atoms with Crippen LogP contribution in [0.4, 0.5) is 4.39 Å². The van der Waals surface area contributed by atoms with Gasteiger partial charge in [0, 0.05) is 14.3 Å². The van der Waals surface area contributed by atoms with Crippen molar-refractivity contribution in [1.82, 2.24) is 0 Å². The Kier molecular flexibility index (Phi) is 4.24. The quantitative estimate of drug-likeness (QED) is 0.741. The molecule has 0 aliphatic rings. The van der Waals surface area contributed by atoms with E-state index in [0.717, 1.165) is 15.8 Å². The maximum atomic E-state index is 13.6. The van der Waals surface area contributed by atoms with Crippen LogP contribution < -0.4 is 0 Å². The predicted molar refractivity (Wildman–Crippen MR) is 74.0 cm³/mol. The lowest BCUT2D eigenvalue weighted by Crippen LogP contribution is -1.82. The Morgan fingerprint density at radius 1 is 1.12 bits per heavy atom. The first-order valence-corrected chi connectivity index (χ1v) is 7.02. The van der Waals surface area contributed by atoms with Gasteiger partial charge in [-0.05, 0) is 42.3 Å². The highest BCUT2D eigenvalue weighted by Gasteiger charge is 2.04. The summed E-state index contributed by atoms with van der Waals surface area (Å²) in [7, 11) is 0. The highest BCUT2D eigenvalue weighted by atomic mass is 79.9. The van der Waals surface area contributed by atoms with E-state index in [2.05, 4.69) is 35.0 Å². The summed E-state index contributed by atoms with van der Waals surface area (Å²) in [6.45, 7) is 2.12. The Morgan fingerprint density at radius 3 is 2.41 bits per heavy atom. The average molecular weight is 311 g/mol. The van der Waals surface area contributed by atoms with E-state index in [1.165, 1.54) is 23.4 Å². The highest BCUT2D eigenvalue weighted by Crippen LogP contribution is 2.31. The number of halogens is 2. The van der Waals surface area contributed by atoms with Crippen LogP contribution in [0.15, 0.2) is 56.7 Å². The normalized spacial score (nSPS) is 10.5. The van der Waals surface area contributed by atoms with Gasteiger partial charge in [-0.15, -0.1) is 0 Å². The zero-order chi connectivity index (χ0) is 12.3. The molecule has 0 atom stereocenters. The molecule has 0 fully saturated rings. The summed E-state index contributed by atoms with van der Waals surface area (Å²) in [5, 5.41) is 0. The lowest BCUT2D eigenvalue weighted by atomic mass is 10.2. The van der Waals surface area contributed by atoms with E-state index in [4.69, 9.17) is 0 Å². The summed E-state index contributed by atoms with van der Waals surface area (Å²) in [5.74, 6) is -0.191. The van der Waals surface area contributed by atoms with E-state index < -0.39 is 0 Å². The number of rotatable bonds is 3. The van der Waals surface area contributed by atoms with Crippen LogP contribution in [-0.2, 0) is 6.42 Å². The van der Waals surface area contributed by atoms with Gasteiger partial charge in [0.15, 0.2) is 0 Å². The lowest BCUT2D eigenvalue weighted by molar-refractivity contribution is 0.601. The average Bonchev–Trinajstić information content (AvgIpc) is 2.34. The van der Waals surface area contributed by atoms with Gasteiger partial charge < -0.3 is 0 Å². The summed E-state index contributed by atoms with van der Waals surface area (Å²) in [4.78, 5) is 1.71. The van der Waals surface area contributed by atoms with Crippen molar-refractivity contribution in [2.75, 3.05) is 0 Å². The molecule has 0 heterocycles. The van der Waals surface area contributed by atoms with Crippen molar-refractivity contribution < 1.29 is 4.39 Å². The van der Waals surface area contributed by atoms with Gasteiger partial charge >= 0.3 is 0 Å². The Bertz CT molecular complexity index is 508. The van der Waals surface area contributed by atoms with Crippen molar-refractivity contribution in [1.29, 1.82) is 0 Å². The topological polar surface area (TPSA) is 0 Å². The largest absolute Gasteiger partial charge is 0.206 e. The van der Waals surface area contributed by atoms with Crippen LogP contribution in [0.25, 0.3) is 0 Å². The van der Waals surface area contributed by atoms with E-state index in [-0.39, 0.29) is 5.82 Å². The molecule has 88 valence electrons. The molecule has 0 radical (unpaired) electrons. The van der Waals surface area contributed by atoms with Crippen LogP contribution >= 0.6 is 27.7 Å². The molecule has 0 amide bonds. The van der Waals surface area contributed by atoms with E-state index in [1.807, 2.05) is 18.2 Å². The number of hydrogen-bond donors (Lipinski definition) is 0. The minimum absolute atomic E-state index is 0.191. The van der Waals surface area contributed by atoms with Crippen LogP contribution in [0.5, 0.6) is 0 Å². The highest BCUT2D eigenvalue weighted by molar-refractivity contribution is 9.10. The molecule has 0 nitrogen and oxygen atoms in total. The van der Waals surface area contributed by atoms with Gasteiger partial charge in [-0.1, -0.05) is 46.7 Å². The number of hydrogen-bond acceptors (Lipinski definition) is 1. The SMILES string of the molecule is CCc1ccc(Sc2ccc(Br)cc2F)cc1. The van der Waals surface area contributed by atoms with Crippen LogP contribution in [0.3, 0.4) is 0 Å². The minimum atomic E-state index is -0.191. The maximum absolute atomic E-state index is 13.6. The molecule has 17 heavy (non-hydrogen) atoms. The van der Waals surface area contributed by atoms with Gasteiger partial charge in [0.05, 0.1) is 0 Å². The van der Waals surface area contributed by atoms with Gasteiger partial charge in [0.1, 0.15) is 5.82 Å². The predicted octanol–water partition coefficient (Wildman–Crippen LogP) is 5.30. The second kappa shape index (κ2) is 5.69. The van der Waals surface area contributed by atoms with E-state index in [1.54, 1.807) is 6.07 Å². The molecule has 0 saturated heterocycles. The molecule has 0 N–H and O–H groups in total. The molecule has 0 bridgehead atoms. The molecule has 0 aromatic heterocycles. The number of aryl methyl sites for hydroxylation is 1. The van der Waals surface area contributed by atoms with Crippen LogP contribution in [0, 0.1) is 5.82 Å². The monoisotopic (exact) mass is 310 g/mol. The van der Waals surface area contributed by atoms with Crippen molar-refractivity contribution in [3.63, 3.8) is 0 Å². The zero-order valence-electron chi connectivity index (χ0n) is 9.41. The van der Waals surface area contributed by atoms with Crippen molar-refractivity contribution in [2.45, 2.75) is 23.1 Å². The van der Waals surface area contributed by atoms with Gasteiger partial charge in [0.25, 0.3) is 0 Å². The fourth-order valence-electron chi connectivity index (χ4n) is 1.48. The molecular weight excluding hydrogens is 299 g/mol. The summed E-state index contributed by atoms with van der Waals surface area (Å²) < 4.78 is 14.4. The van der Waals surface area contributed by atoms with Gasteiger partial charge in [-0.25, -0.2) is 4.39 Å². The molecule has 2 aromatic carbocycles. The smallest absolute Gasteiger partial charge is 0.138 e. The Morgan fingerprint density at radius 2 is 1.82 bits per heavy atom. The molecule has 2 rings (SSSR count). The van der Waals surface area contributed by atoms with Crippen LogP contribution in [0.2, 0.25) is 0 Å². The summed E-state index contributed by atoms with van der Waals surface area (Å²) in [6, 6.07) is 13.4. The second-order valence-electron chi connectivity index (χ2n) is 3.67. The summed E-state index contributed by atoms with van der Waals surface area (Å²) in [5.41, 5.74) is 1.30. The molecule has 0 aliphatic carbocycles.